The predicted octanol–water partition coefficient (Wildman–Crippen LogP) is 5.26. The Labute approximate surface area is 155 Å². The van der Waals surface area contributed by atoms with Crippen molar-refractivity contribution in [2.75, 3.05) is 5.32 Å². The quantitative estimate of drug-likeness (QED) is 0.474. The smallest absolute Gasteiger partial charge is 0.210 e. The van der Waals surface area contributed by atoms with E-state index >= 15 is 0 Å². The van der Waals surface area contributed by atoms with E-state index in [1.54, 1.807) is 0 Å². The number of rotatable bonds is 6. The van der Waals surface area contributed by atoms with Crippen molar-refractivity contribution in [1.29, 1.82) is 0 Å². The molecule has 0 spiro atoms. The van der Waals surface area contributed by atoms with Gasteiger partial charge < -0.3 is 5.32 Å². The van der Waals surface area contributed by atoms with Crippen molar-refractivity contribution < 1.29 is 4.79 Å². The zero-order valence-corrected chi connectivity index (χ0v) is 15.9. The highest BCUT2D eigenvalue weighted by Gasteiger charge is 2.18. The van der Waals surface area contributed by atoms with Crippen LogP contribution in [0.25, 0.3) is 0 Å². The molecule has 4 nitrogen and oxygen atoms in total. The van der Waals surface area contributed by atoms with Gasteiger partial charge in [-0.15, -0.1) is 10.2 Å². The Kier molecular flexibility index (Phi) is 5.50. The summed E-state index contributed by atoms with van der Waals surface area (Å²) in [5, 5.41) is 12.2. The van der Waals surface area contributed by atoms with Crippen LogP contribution in [0.15, 0.2) is 52.9 Å². The van der Waals surface area contributed by atoms with E-state index in [4.69, 9.17) is 0 Å². The van der Waals surface area contributed by atoms with E-state index in [0.717, 1.165) is 20.7 Å². The lowest BCUT2D eigenvalue weighted by Crippen LogP contribution is -2.13. The first kappa shape index (κ1) is 17.6. The molecule has 0 amide bonds. The summed E-state index contributed by atoms with van der Waals surface area (Å²) in [6, 6.07) is 15.5. The van der Waals surface area contributed by atoms with Crippen molar-refractivity contribution in [3.63, 3.8) is 0 Å². The van der Waals surface area contributed by atoms with Crippen LogP contribution >= 0.6 is 23.1 Å². The van der Waals surface area contributed by atoms with Gasteiger partial charge in [-0.3, -0.25) is 4.79 Å². The van der Waals surface area contributed by atoms with Gasteiger partial charge in [0.1, 0.15) is 0 Å². The monoisotopic (exact) mass is 369 g/mol. The lowest BCUT2D eigenvalue weighted by Gasteiger charge is -2.08. The number of hydrogen-bond acceptors (Lipinski definition) is 6. The first-order valence-corrected chi connectivity index (χ1v) is 9.67. The molecular formula is C19H19N3OS2. The molecule has 1 unspecified atom stereocenters. The van der Waals surface area contributed by atoms with Gasteiger partial charge in [0.2, 0.25) is 5.13 Å². The Balaban J connectivity index is 1.67. The van der Waals surface area contributed by atoms with E-state index in [9.17, 15) is 4.79 Å². The summed E-state index contributed by atoms with van der Waals surface area (Å²) in [5.74, 6) is 0.102. The third-order valence-corrected chi connectivity index (χ3v) is 5.98. The van der Waals surface area contributed by atoms with Crippen molar-refractivity contribution in [1.82, 2.24) is 10.2 Å². The summed E-state index contributed by atoms with van der Waals surface area (Å²) in [6.45, 7) is 6.06. The van der Waals surface area contributed by atoms with Gasteiger partial charge in [-0.1, -0.05) is 65.6 Å². The third kappa shape index (κ3) is 4.27. The van der Waals surface area contributed by atoms with Crippen molar-refractivity contribution in [3.05, 3.63) is 65.2 Å². The topological polar surface area (TPSA) is 54.9 Å². The van der Waals surface area contributed by atoms with Gasteiger partial charge >= 0.3 is 0 Å². The average molecular weight is 370 g/mol. The molecule has 0 saturated heterocycles. The fourth-order valence-corrected chi connectivity index (χ4v) is 4.34. The van der Waals surface area contributed by atoms with Gasteiger partial charge in [0.05, 0.1) is 5.25 Å². The van der Waals surface area contributed by atoms with Crippen LogP contribution in [0.5, 0.6) is 0 Å². The lowest BCUT2D eigenvalue weighted by atomic mass is 10.1. The van der Waals surface area contributed by atoms with Crippen LogP contribution < -0.4 is 5.32 Å². The van der Waals surface area contributed by atoms with Crippen molar-refractivity contribution in [2.45, 2.75) is 30.4 Å². The molecule has 0 radical (unpaired) electrons. The molecule has 0 saturated carbocycles. The molecule has 0 bridgehead atoms. The summed E-state index contributed by atoms with van der Waals surface area (Å²) in [6.07, 6.45) is 0. The lowest BCUT2D eigenvalue weighted by molar-refractivity contribution is 0.0994. The van der Waals surface area contributed by atoms with E-state index in [1.807, 2.05) is 49.4 Å². The normalized spacial score (nSPS) is 12.0. The number of nitrogens with zero attached hydrogens (tertiary/aromatic N) is 2. The Morgan fingerprint density at radius 1 is 1.08 bits per heavy atom. The van der Waals surface area contributed by atoms with E-state index in [1.165, 1.54) is 34.2 Å². The van der Waals surface area contributed by atoms with Crippen LogP contribution in [0.4, 0.5) is 10.8 Å². The van der Waals surface area contributed by atoms with Crippen molar-refractivity contribution in [3.8, 4) is 0 Å². The zero-order valence-electron chi connectivity index (χ0n) is 14.3. The number of Topliss-reactive ketones (excluding diaryl/α,β-unsaturated/α-hetero) is 1. The molecule has 25 heavy (non-hydrogen) atoms. The highest BCUT2D eigenvalue weighted by Crippen LogP contribution is 2.32. The molecule has 3 aromatic rings. The number of aromatic nitrogens is 2. The molecule has 1 heterocycles. The van der Waals surface area contributed by atoms with Gasteiger partial charge in [0, 0.05) is 11.3 Å². The molecule has 0 aliphatic heterocycles. The fraction of sp³-hybridized carbons (Fsp3) is 0.211. The summed E-state index contributed by atoms with van der Waals surface area (Å²) < 4.78 is 0.782. The molecule has 2 aromatic carbocycles. The Bertz CT molecular complexity index is 877. The number of aryl methyl sites for hydroxylation is 1. The van der Waals surface area contributed by atoms with E-state index < -0.39 is 0 Å². The summed E-state index contributed by atoms with van der Waals surface area (Å²) in [5.41, 5.74) is 4.17. The molecule has 0 fully saturated rings. The molecule has 0 aliphatic carbocycles. The Morgan fingerprint density at radius 2 is 1.84 bits per heavy atom. The Hall–Kier alpha value is -2.18. The highest BCUT2D eigenvalue weighted by atomic mass is 32.2. The molecule has 1 N–H and O–H groups in total. The van der Waals surface area contributed by atoms with E-state index in [-0.39, 0.29) is 11.0 Å². The third-order valence-electron chi connectivity index (χ3n) is 3.96. The van der Waals surface area contributed by atoms with Crippen molar-refractivity contribution in [2.24, 2.45) is 0 Å². The second-order valence-corrected chi connectivity index (χ2v) is 8.30. The standard InChI is InChI=1S/C19H19N3OS2/c1-12-8-7-11-16(13(12)2)20-18-21-22-19(25-18)24-14(3)17(23)15-9-5-4-6-10-15/h4-11,14H,1-3H3,(H,20,21). The van der Waals surface area contributed by atoms with Crippen LogP contribution in [-0.2, 0) is 0 Å². The summed E-state index contributed by atoms with van der Waals surface area (Å²) in [7, 11) is 0. The number of carbonyl (C=O) groups is 1. The maximum Gasteiger partial charge on any atom is 0.210 e. The maximum absolute atomic E-state index is 12.4. The molecule has 1 atom stereocenters. The number of benzene rings is 2. The number of anilines is 2. The summed E-state index contributed by atoms with van der Waals surface area (Å²) >= 11 is 2.90. The molecule has 128 valence electrons. The Morgan fingerprint density at radius 3 is 2.60 bits per heavy atom. The summed E-state index contributed by atoms with van der Waals surface area (Å²) in [4.78, 5) is 12.4. The number of thioether (sulfide) groups is 1. The number of hydrogen-bond donors (Lipinski definition) is 1. The average Bonchev–Trinajstić information content (AvgIpc) is 3.06. The molecular weight excluding hydrogens is 350 g/mol. The highest BCUT2D eigenvalue weighted by molar-refractivity contribution is 8.02. The van der Waals surface area contributed by atoms with Gasteiger partial charge in [-0.05, 0) is 38.0 Å². The first-order chi connectivity index (χ1) is 12.0. The van der Waals surface area contributed by atoms with Crippen LogP contribution in [0, 0.1) is 13.8 Å². The zero-order chi connectivity index (χ0) is 17.8. The van der Waals surface area contributed by atoms with E-state index in [0.29, 0.717) is 0 Å². The largest absolute Gasteiger partial charge is 0.330 e. The minimum atomic E-state index is -0.205. The van der Waals surface area contributed by atoms with Crippen molar-refractivity contribution >= 4 is 39.7 Å². The van der Waals surface area contributed by atoms with Crippen LogP contribution in [-0.4, -0.2) is 21.2 Å². The molecule has 6 heteroatoms. The second kappa shape index (κ2) is 7.80. The second-order valence-electron chi connectivity index (χ2n) is 5.74. The van der Waals surface area contributed by atoms with Crippen LogP contribution in [0.2, 0.25) is 0 Å². The van der Waals surface area contributed by atoms with E-state index in [2.05, 4.69) is 35.4 Å². The minimum Gasteiger partial charge on any atom is -0.330 e. The maximum atomic E-state index is 12.4. The minimum absolute atomic E-state index is 0.102. The predicted molar refractivity (Wildman–Crippen MR) is 105 cm³/mol. The molecule has 0 aliphatic rings. The fourth-order valence-electron chi connectivity index (χ4n) is 2.35. The number of nitrogens with one attached hydrogen (secondary N) is 1. The molecule has 1 aromatic heterocycles. The number of ketones is 1. The number of carbonyl (C=O) groups excluding carboxylic acids is 1. The van der Waals surface area contributed by atoms with Gasteiger partial charge in [-0.25, -0.2) is 0 Å². The van der Waals surface area contributed by atoms with Gasteiger partial charge in [0.15, 0.2) is 10.1 Å². The first-order valence-electron chi connectivity index (χ1n) is 7.97. The van der Waals surface area contributed by atoms with Gasteiger partial charge in [-0.2, -0.15) is 0 Å². The van der Waals surface area contributed by atoms with Crippen LogP contribution in [0.1, 0.15) is 28.4 Å². The SMILES string of the molecule is Cc1cccc(Nc2nnc(SC(C)C(=O)c3ccccc3)s2)c1C. The van der Waals surface area contributed by atoms with Gasteiger partial charge in [0.25, 0.3) is 0 Å². The molecule has 3 rings (SSSR count). The van der Waals surface area contributed by atoms with Crippen LogP contribution in [0.3, 0.4) is 0 Å².